The third kappa shape index (κ3) is 3.10. The number of carbonyl (C=O) groups excluding carboxylic acids is 1. The quantitative estimate of drug-likeness (QED) is 0.855. The number of likely N-dealkylation sites (tertiary alicyclic amines) is 1. The molecule has 4 nitrogen and oxygen atoms in total. The first-order valence-corrected chi connectivity index (χ1v) is 7.36. The van der Waals surface area contributed by atoms with Crippen LogP contribution in [0.2, 0.25) is 0 Å². The third-order valence-corrected chi connectivity index (χ3v) is 5.01. The minimum absolute atomic E-state index is 0.000229. The normalized spacial score (nSPS) is 22.7. The Balaban J connectivity index is 1.87. The zero-order valence-electron chi connectivity index (χ0n) is 12.1. The van der Waals surface area contributed by atoms with Crippen LogP contribution in [0.3, 0.4) is 0 Å². The summed E-state index contributed by atoms with van der Waals surface area (Å²) in [6.07, 6.45) is 7.61. The minimum atomic E-state index is -0.959. The molecule has 1 heterocycles. The first-order valence-electron chi connectivity index (χ1n) is 7.36. The van der Waals surface area contributed by atoms with Gasteiger partial charge in [-0.15, -0.1) is 0 Å². The lowest BCUT2D eigenvalue weighted by atomic mass is 9.77. The zero-order chi connectivity index (χ0) is 14.1. The van der Waals surface area contributed by atoms with E-state index in [4.69, 9.17) is 5.11 Å². The highest BCUT2D eigenvalue weighted by molar-refractivity contribution is 5.84. The van der Waals surface area contributed by atoms with E-state index in [9.17, 15) is 9.59 Å². The van der Waals surface area contributed by atoms with Crippen molar-refractivity contribution in [3.8, 4) is 0 Å². The molecule has 1 saturated heterocycles. The Morgan fingerprint density at radius 3 is 2.11 bits per heavy atom. The van der Waals surface area contributed by atoms with Crippen molar-refractivity contribution in [2.45, 2.75) is 58.8 Å². The molecule has 0 radical (unpaired) electrons. The molecule has 0 bridgehead atoms. The van der Waals surface area contributed by atoms with Crippen LogP contribution in [0.15, 0.2) is 0 Å². The average Bonchev–Trinajstić information content (AvgIpc) is 2.77. The van der Waals surface area contributed by atoms with Crippen molar-refractivity contribution in [3.63, 3.8) is 0 Å². The number of aliphatic carboxylic acids is 1. The fourth-order valence-corrected chi connectivity index (χ4v) is 3.42. The Morgan fingerprint density at radius 1 is 1.11 bits per heavy atom. The molecular weight excluding hydrogens is 242 g/mol. The summed E-state index contributed by atoms with van der Waals surface area (Å²) in [4.78, 5) is 25.1. The Hall–Kier alpha value is -1.06. The maximum atomic E-state index is 12.2. The van der Waals surface area contributed by atoms with E-state index in [0.717, 1.165) is 25.9 Å². The molecule has 2 fully saturated rings. The van der Waals surface area contributed by atoms with E-state index >= 15 is 0 Å². The van der Waals surface area contributed by atoms with Crippen LogP contribution < -0.4 is 0 Å². The summed E-state index contributed by atoms with van der Waals surface area (Å²) in [5.41, 5.74) is -0.460. The average molecular weight is 267 g/mol. The number of piperidine rings is 1. The molecule has 19 heavy (non-hydrogen) atoms. The van der Waals surface area contributed by atoms with Crippen molar-refractivity contribution in [1.29, 1.82) is 0 Å². The molecule has 1 spiro atoms. The second-order valence-electron chi connectivity index (χ2n) is 6.95. The van der Waals surface area contributed by atoms with Crippen LogP contribution in [-0.4, -0.2) is 35.0 Å². The fourth-order valence-electron chi connectivity index (χ4n) is 3.42. The molecule has 108 valence electrons. The molecule has 0 aromatic carbocycles. The lowest BCUT2D eigenvalue weighted by Gasteiger charge is -2.40. The van der Waals surface area contributed by atoms with E-state index in [0.29, 0.717) is 5.41 Å². The van der Waals surface area contributed by atoms with Gasteiger partial charge < -0.3 is 10.0 Å². The van der Waals surface area contributed by atoms with Crippen LogP contribution >= 0.6 is 0 Å². The maximum absolute atomic E-state index is 12.2. The number of carboxylic acids is 1. The van der Waals surface area contributed by atoms with E-state index < -0.39 is 11.4 Å². The number of nitrogens with zero attached hydrogens (tertiary/aromatic N) is 1. The molecule has 0 unspecified atom stereocenters. The Morgan fingerprint density at radius 2 is 1.63 bits per heavy atom. The van der Waals surface area contributed by atoms with Crippen molar-refractivity contribution in [2.24, 2.45) is 10.8 Å². The molecule has 1 N–H and O–H groups in total. The maximum Gasteiger partial charge on any atom is 0.309 e. The summed E-state index contributed by atoms with van der Waals surface area (Å²) in [6.45, 7) is 4.87. The molecule has 2 rings (SSSR count). The summed E-state index contributed by atoms with van der Waals surface area (Å²) in [7, 11) is 0. The van der Waals surface area contributed by atoms with Gasteiger partial charge >= 0.3 is 5.97 Å². The Kier molecular flexibility index (Phi) is 3.88. The van der Waals surface area contributed by atoms with Crippen molar-refractivity contribution in [1.82, 2.24) is 4.90 Å². The summed E-state index contributed by atoms with van der Waals surface area (Å²) in [6, 6.07) is 0. The van der Waals surface area contributed by atoms with Crippen LogP contribution in [0.4, 0.5) is 0 Å². The van der Waals surface area contributed by atoms with Crippen molar-refractivity contribution < 1.29 is 14.7 Å². The van der Waals surface area contributed by atoms with Gasteiger partial charge in [-0.2, -0.15) is 0 Å². The van der Waals surface area contributed by atoms with Crippen molar-refractivity contribution >= 4 is 11.9 Å². The van der Waals surface area contributed by atoms with Gasteiger partial charge in [0.2, 0.25) is 5.91 Å². The van der Waals surface area contributed by atoms with Crippen LogP contribution in [0, 0.1) is 10.8 Å². The second kappa shape index (κ2) is 5.14. The molecule has 1 amide bonds. The van der Waals surface area contributed by atoms with Crippen LogP contribution in [0.25, 0.3) is 0 Å². The number of carbonyl (C=O) groups is 2. The predicted molar refractivity (Wildman–Crippen MR) is 72.7 cm³/mol. The van der Waals surface area contributed by atoms with Gasteiger partial charge in [-0.1, -0.05) is 12.8 Å². The van der Waals surface area contributed by atoms with E-state index in [1.165, 1.54) is 25.7 Å². The molecule has 0 aromatic heterocycles. The van der Waals surface area contributed by atoms with E-state index in [1.807, 2.05) is 4.90 Å². The van der Waals surface area contributed by atoms with Gasteiger partial charge in [-0.25, -0.2) is 0 Å². The number of hydrogen-bond donors (Lipinski definition) is 1. The van der Waals surface area contributed by atoms with Crippen LogP contribution in [-0.2, 0) is 9.59 Å². The molecule has 1 saturated carbocycles. The van der Waals surface area contributed by atoms with Gasteiger partial charge in [0, 0.05) is 19.5 Å². The highest BCUT2D eigenvalue weighted by Crippen LogP contribution is 2.46. The predicted octanol–water partition coefficient (Wildman–Crippen LogP) is 2.67. The molecule has 2 aliphatic rings. The van der Waals surface area contributed by atoms with Crippen molar-refractivity contribution in [3.05, 3.63) is 0 Å². The lowest BCUT2D eigenvalue weighted by molar-refractivity contribution is -0.152. The summed E-state index contributed by atoms with van der Waals surface area (Å²) in [5, 5.41) is 9.09. The third-order valence-electron chi connectivity index (χ3n) is 5.01. The first kappa shape index (κ1) is 14.4. The molecule has 1 aliphatic heterocycles. The monoisotopic (exact) mass is 267 g/mol. The molecular formula is C15H25NO3. The molecule has 1 aliphatic carbocycles. The summed E-state index contributed by atoms with van der Waals surface area (Å²) >= 11 is 0. The highest BCUT2D eigenvalue weighted by Gasteiger charge is 2.39. The van der Waals surface area contributed by atoms with Crippen LogP contribution in [0.5, 0.6) is 0 Å². The van der Waals surface area contributed by atoms with Gasteiger partial charge in [-0.05, 0) is 44.9 Å². The van der Waals surface area contributed by atoms with Crippen LogP contribution in [0.1, 0.15) is 58.8 Å². The van der Waals surface area contributed by atoms with Gasteiger partial charge in [0.05, 0.1) is 5.41 Å². The second-order valence-corrected chi connectivity index (χ2v) is 6.95. The lowest BCUT2D eigenvalue weighted by Crippen LogP contribution is -2.44. The minimum Gasteiger partial charge on any atom is -0.481 e. The zero-order valence-corrected chi connectivity index (χ0v) is 12.1. The molecule has 4 heteroatoms. The van der Waals surface area contributed by atoms with E-state index in [2.05, 4.69) is 0 Å². The fraction of sp³-hybridized carbons (Fsp3) is 0.867. The largest absolute Gasteiger partial charge is 0.481 e. The first-order chi connectivity index (χ1) is 8.85. The topological polar surface area (TPSA) is 57.6 Å². The number of carboxylic acid groups (broad SMARTS) is 1. The van der Waals surface area contributed by atoms with Gasteiger partial charge in [0.15, 0.2) is 0 Å². The van der Waals surface area contributed by atoms with Gasteiger partial charge in [0.25, 0.3) is 0 Å². The summed E-state index contributed by atoms with van der Waals surface area (Å²) < 4.78 is 0. The number of rotatable bonds is 3. The Bertz CT molecular complexity index is 360. The number of amides is 1. The van der Waals surface area contributed by atoms with Crippen molar-refractivity contribution in [2.75, 3.05) is 13.1 Å². The SMILES string of the molecule is CC(C)(CC(=O)N1CCC2(CCCC2)CC1)C(=O)O. The molecule has 0 aromatic rings. The van der Waals surface area contributed by atoms with E-state index in [1.54, 1.807) is 13.8 Å². The Labute approximate surface area is 115 Å². The smallest absolute Gasteiger partial charge is 0.309 e. The van der Waals surface area contributed by atoms with Gasteiger partial charge in [0.1, 0.15) is 0 Å². The van der Waals surface area contributed by atoms with Gasteiger partial charge in [-0.3, -0.25) is 9.59 Å². The number of hydrogen-bond acceptors (Lipinski definition) is 2. The standard InChI is InChI=1S/C15H25NO3/c1-14(2,13(18)19)11-12(17)16-9-7-15(8-10-16)5-3-4-6-15/h3-11H2,1-2H3,(H,18,19). The summed E-state index contributed by atoms with van der Waals surface area (Å²) in [5.74, 6) is -0.898. The molecule has 0 atom stereocenters. The highest BCUT2D eigenvalue weighted by atomic mass is 16.4. The van der Waals surface area contributed by atoms with E-state index in [-0.39, 0.29) is 12.3 Å².